The third-order valence-corrected chi connectivity index (χ3v) is 12.5. The van der Waals surface area contributed by atoms with E-state index in [1.807, 2.05) is 16.9 Å². The zero-order valence-electron chi connectivity index (χ0n) is 30.1. The number of nitrogens with zero attached hydrogens (tertiary/aromatic N) is 8. The number of imidazole rings is 1. The highest BCUT2D eigenvalue weighted by molar-refractivity contribution is 6.76. The van der Waals surface area contributed by atoms with Crippen molar-refractivity contribution in [2.75, 3.05) is 51.3 Å². The maximum atomic E-state index is 11.6. The molecule has 1 fully saturated rings. The summed E-state index contributed by atoms with van der Waals surface area (Å²) in [7, 11) is -0.352. The van der Waals surface area contributed by atoms with Gasteiger partial charge in [0.2, 0.25) is 0 Å². The summed E-state index contributed by atoms with van der Waals surface area (Å²) in [5.41, 5.74) is 6.67. The van der Waals surface area contributed by atoms with E-state index < -0.39 is 16.1 Å². The number of aldehydes is 1. The number of fused-ring (bicyclic) bond motifs is 2. The van der Waals surface area contributed by atoms with Gasteiger partial charge in [0.25, 0.3) is 0 Å². The topological polar surface area (TPSA) is 103 Å². The van der Waals surface area contributed by atoms with Gasteiger partial charge in [-0.15, -0.1) is 0 Å². The molecule has 0 spiro atoms. The third-order valence-electron chi connectivity index (χ3n) is 9.05. The van der Waals surface area contributed by atoms with Crippen molar-refractivity contribution in [3.05, 3.63) is 54.5 Å². The molecule has 1 saturated heterocycles. The molecular formula is C36H50N8O3Si2. The number of anilines is 1. The molecule has 5 heterocycles. The van der Waals surface area contributed by atoms with Crippen molar-refractivity contribution in [3.63, 3.8) is 0 Å². The fourth-order valence-corrected chi connectivity index (χ4v) is 7.42. The van der Waals surface area contributed by atoms with E-state index in [1.54, 1.807) is 12.4 Å². The van der Waals surface area contributed by atoms with Gasteiger partial charge in [0.15, 0.2) is 17.8 Å². The van der Waals surface area contributed by atoms with Crippen LogP contribution in [0.2, 0.25) is 51.4 Å². The van der Waals surface area contributed by atoms with Gasteiger partial charge in [0.1, 0.15) is 19.2 Å². The molecule has 0 unspecified atom stereocenters. The van der Waals surface area contributed by atoms with Crippen LogP contribution in [0.15, 0.2) is 48.9 Å². The molecule has 1 aliphatic rings. The summed E-state index contributed by atoms with van der Waals surface area (Å²) in [6.07, 6.45) is 5.93. The number of carbonyl (C=O) groups is 1. The Morgan fingerprint density at radius 2 is 1.53 bits per heavy atom. The van der Waals surface area contributed by atoms with E-state index in [1.165, 1.54) is 5.69 Å². The molecule has 13 heteroatoms. The molecule has 5 aromatic rings. The number of ether oxygens (including phenoxy) is 2. The van der Waals surface area contributed by atoms with E-state index in [9.17, 15) is 4.79 Å². The van der Waals surface area contributed by atoms with E-state index >= 15 is 0 Å². The van der Waals surface area contributed by atoms with Crippen LogP contribution >= 0.6 is 0 Å². The first-order valence-corrected chi connectivity index (χ1v) is 24.7. The quantitative estimate of drug-likeness (QED) is 0.0712. The monoisotopic (exact) mass is 698 g/mol. The molecule has 4 aromatic heterocycles. The molecule has 11 nitrogen and oxygen atoms in total. The number of benzene rings is 1. The van der Waals surface area contributed by atoms with Gasteiger partial charge in [-0.25, -0.2) is 14.6 Å². The second-order valence-electron chi connectivity index (χ2n) is 15.6. The lowest BCUT2D eigenvalue weighted by Gasteiger charge is -2.34. The van der Waals surface area contributed by atoms with Crippen LogP contribution in [0.4, 0.5) is 5.69 Å². The van der Waals surface area contributed by atoms with Crippen LogP contribution in [0.3, 0.4) is 0 Å². The van der Waals surface area contributed by atoms with Crippen LogP contribution in [0.1, 0.15) is 10.4 Å². The first-order valence-electron chi connectivity index (χ1n) is 17.3. The van der Waals surface area contributed by atoms with Crippen molar-refractivity contribution < 1.29 is 14.3 Å². The van der Waals surface area contributed by atoms with Crippen molar-refractivity contribution >= 4 is 50.2 Å². The standard InChI is InChI=1S/C36H50N8O3Si2/c1-41-10-12-42(13-11-41)30-8-9-33-32(20-30)39-36(43(33)25-46-14-16-48(2,3)4)34-31-19-29(28-18-27(24-45)21-37-22-28)23-38-35(31)44(40-34)26-47-15-17-49(5,6)7/h8-9,18-24H,10-17,25-26H2,1-7H3. The van der Waals surface area contributed by atoms with E-state index in [0.29, 0.717) is 36.8 Å². The predicted octanol–water partition coefficient (Wildman–Crippen LogP) is 6.70. The maximum Gasteiger partial charge on any atom is 0.164 e. The second-order valence-corrected chi connectivity index (χ2v) is 26.8. The van der Waals surface area contributed by atoms with Crippen molar-refractivity contribution in [1.82, 2.24) is 34.2 Å². The number of piperazine rings is 1. The van der Waals surface area contributed by atoms with E-state index in [2.05, 4.69) is 89.9 Å². The second kappa shape index (κ2) is 14.6. The summed E-state index contributed by atoms with van der Waals surface area (Å²) >= 11 is 0. The number of hydrogen-bond donors (Lipinski definition) is 0. The molecule has 0 N–H and O–H groups in total. The number of hydrogen-bond acceptors (Lipinski definition) is 9. The smallest absolute Gasteiger partial charge is 0.164 e. The van der Waals surface area contributed by atoms with Gasteiger partial charge in [-0.05, 0) is 49.5 Å². The van der Waals surface area contributed by atoms with E-state index in [-0.39, 0.29) is 6.73 Å². The van der Waals surface area contributed by atoms with Gasteiger partial charge in [-0.2, -0.15) is 5.10 Å². The van der Waals surface area contributed by atoms with Crippen LogP contribution in [0, 0.1) is 0 Å². The molecular weight excluding hydrogens is 649 g/mol. The number of pyridine rings is 2. The minimum Gasteiger partial charge on any atom is -0.369 e. The third kappa shape index (κ3) is 8.52. The van der Waals surface area contributed by atoms with Crippen LogP contribution in [-0.4, -0.2) is 103 Å². The first-order chi connectivity index (χ1) is 23.4. The van der Waals surface area contributed by atoms with Gasteiger partial charge >= 0.3 is 0 Å². The van der Waals surface area contributed by atoms with E-state index in [4.69, 9.17) is 24.5 Å². The molecule has 260 valence electrons. The van der Waals surface area contributed by atoms with Crippen molar-refractivity contribution in [1.29, 1.82) is 0 Å². The lowest BCUT2D eigenvalue weighted by molar-refractivity contribution is 0.0812. The molecule has 6 rings (SSSR count). The molecule has 0 bridgehead atoms. The average Bonchev–Trinajstić information content (AvgIpc) is 3.61. The summed E-state index contributed by atoms with van der Waals surface area (Å²) in [6, 6.07) is 12.6. The Kier molecular flexibility index (Phi) is 10.5. The summed E-state index contributed by atoms with van der Waals surface area (Å²) in [4.78, 5) is 30.8. The van der Waals surface area contributed by atoms with Gasteiger partial charge in [0, 0.05) is 96.5 Å². The minimum atomic E-state index is -1.27. The molecule has 0 aliphatic carbocycles. The van der Waals surface area contributed by atoms with Gasteiger partial charge < -0.3 is 19.3 Å². The highest BCUT2D eigenvalue weighted by Gasteiger charge is 2.24. The van der Waals surface area contributed by atoms with Crippen LogP contribution < -0.4 is 4.90 Å². The Bertz CT molecular complexity index is 1920. The number of aromatic nitrogens is 6. The maximum absolute atomic E-state index is 11.6. The molecule has 0 radical (unpaired) electrons. The average molecular weight is 699 g/mol. The SMILES string of the molecule is CN1CCN(c2ccc3c(c2)nc(-c2nn(COCC[Si](C)(C)C)c4ncc(-c5cncc(C=O)c5)cc24)n3COCC[Si](C)(C)C)CC1. The van der Waals surface area contributed by atoms with Gasteiger partial charge in [-0.1, -0.05) is 39.3 Å². The van der Waals surface area contributed by atoms with Crippen molar-refractivity contribution in [2.45, 2.75) is 64.8 Å². The molecule has 0 atom stereocenters. The normalized spacial score (nSPS) is 14.7. The summed E-state index contributed by atoms with van der Waals surface area (Å²) in [5.74, 6) is 0.725. The fourth-order valence-electron chi connectivity index (χ4n) is 5.91. The number of rotatable bonds is 14. The Balaban J connectivity index is 1.45. The Hall–Kier alpha value is -3.76. The Morgan fingerprint density at radius 3 is 2.22 bits per heavy atom. The molecule has 1 aliphatic heterocycles. The first kappa shape index (κ1) is 35.1. The largest absolute Gasteiger partial charge is 0.369 e. The molecule has 0 saturated carbocycles. The predicted molar refractivity (Wildman–Crippen MR) is 203 cm³/mol. The molecule has 0 amide bonds. The summed E-state index contributed by atoms with van der Waals surface area (Å²) in [5, 5.41) is 5.97. The van der Waals surface area contributed by atoms with Crippen molar-refractivity contribution in [2.24, 2.45) is 0 Å². The van der Waals surface area contributed by atoms with Crippen molar-refractivity contribution in [3.8, 4) is 22.6 Å². The zero-order valence-corrected chi connectivity index (χ0v) is 32.1. The Labute approximate surface area is 291 Å². The zero-order chi connectivity index (χ0) is 34.8. The summed E-state index contributed by atoms with van der Waals surface area (Å²) < 4.78 is 16.5. The lowest BCUT2D eigenvalue weighted by Crippen LogP contribution is -2.44. The number of likely N-dealkylation sites (N-methyl/N-ethyl adjacent to an activating group) is 1. The summed E-state index contributed by atoms with van der Waals surface area (Å²) in [6.45, 7) is 20.2. The molecule has 49 heavy (non-hydrogen) atoms. The minimum absolute atomic E-state index is 0.288. The number of carbonyl (C=O) groups excluding carboxylic acids is 1. The molecule has 1 aromatic carbocycles. The van der Waals surface area contributed by atoms with Crippen LogP contribution in [-0.2, 0) is 22.9 Å². The van der Waals surface area contributed by atoms with E-state index in [0.717, 1.165) is 77.9 Å². The van der Waals surface area contributed by atoms with Crippen LogP contribution in [0.5, 0.6) is 0 Å². The van der Waals surface area contributed by atoms with Gasteiger partial charge in [-0.3, -0.25) is 14.3 Å². The highest BCUT2D eigenvalue weighted by atomic mass is 28.3. The fraction of sp³-hybridized carbons (Fsp3) is 0.472. The Morgan fingerprint density at radius 1 is 0.837 bits per heavy atom. The van der Waals surface area contributed by atoms with Crippen LogP contribution in [0.25, 0.3) is 44.7 Å². The van der Waals surface area contributed by atoms with Gasteiger partial charge in [0.05, 0.1) is 16.4 Å². The highest BCUT2D eigenvalue weighted by Crippen LogP contribution is 2.34. The lowest BCUT2D eigenvalue weighted by atomic mass is 10.1.